The lowest BCUT2D eigenvalue weighted by Crippen LogP contribution is -2.23. The first kappa shape index (κ1) is 21.6. The highest BCUT2D eigenvalue weighted by Gasteiger charge is 2.12. The second-order valence-electron chi connectivity index (χ2n) is 7.05. The van der Waals surface area contributed by atoms with Crippen LogP contribution in [0.2, 0.25) is 0 Å². The van der Waals surface area contributed by atoms with Crippen molar-refractivity contribution in [3.05, 3.63) is 82.7 Å². The highest BCUT2D eigenvalue weighted by molar-refractivity contribution is 9.09. The van der Waals surface area contributed by atoms with Gasteiger partial charge in [-0.3, -0.25) is 13.7 Å². The van der Waals surface area contributed by atoms with Crippen LogP contribution in [-0.4, -0.2) is 24.0 Å². The van der Waals surface area contributed by atoms with Crippen molar-refractivity contribution in [1.82, 2.24) is 18.7 Å². The molecule has 2 aromatic carbocycles. The topological polar surface area (TPSA) is 64.7 Å². The molecule has 30 heavy (non-hydrogen) atoms. The molecule has 0 aliphatic carbocycles. The van der Waals surface area contributed by atoms with Gasteiger partial charge in [-0.05, 0) is 44.5 Å². The molecule has 0 aliphatic rings. The summed E-state index contributed by atoms with van der Waals surface area (Å²) in [7, 11) is 0. The number of aromatic nitrogens is 4. The third-order valence-electron chi connectivity index (χ3n) is 4.70. The minimum Gasteiger partial charge on any atom is -0.305 e. The fourth-order valence-electron chi connectivity index (χ4n) is 3.44. The second-order valence-corrected chi connectivity index (χ2v) is 7.85. The zero-order valence-corrected chi connectivity index (χ0v) is 18.8. The number of alkyl halides is 1. The molecule has 0 aliphatic heterocycles. The molecule has 4 aromatic rings. The van der Waals surface area contributed by atoms with Crippen LogP contribution in [0.25, 0.3) is 33.5 Å². The number of allylic oxidation sites excluding steroid dienone is 2. The fraction of sp³-hybridized carbons (Fsp3) is 0.217. The van der Waals surface area contributed by atoms with E-state index in [-0.39, 0.29) is 11.4 Å². The van der Waals surface area contributed by atoms with Crippen LogP contribution in [0.15, 0.2) is 71.3 Å². The molecule has 0 saturated heterocycles. The highest BCUT2D eigenvalue weighted by atomic mass is 79.9. The Labute approximate surface area is 182 Å². The summed E-state index contributed by atoms with van der Waals surface area (Å²) < 4.78 is 5.05. The summed E-state index contributed by atoms with van der Waals surface area (Å²) >= 11 is 3.39. The van der Waals surface area contributed by atoms with Gasteiger partial charge in [-0.25, -0.2) is 9.59 Å². The summed E-state index contributed by atoms with van der Waals surface area (Å²) in [6, 6.07) is 15.4. The van der Waals surface area contributed by atoms with Gasteiger partial charge in [0.2, 0.25) is 0 Å². The van der Waals surface area contributed by atoms with E-state index in [1.807, 2.05) is 66.9 Å². The summed E-state index contributed by atoms with van der Waals surface area (Å²) in [5.41, 5.74) is 4.97. The molecule has 0 atom stereocenters. The van der Waals surface area contributed by atoms with E-state index in [0.29, 0.717) is 0 Å². The lowest BCUT2D eigenvalue weighted by molar-refractivity contribution is 0.671. The van der Waals surface area contributed by atoms with Crippen molar-refractivity contribution in [2.24, 2.45) is 0 Å². The molecular formula is C23H25BrN4O2. The summed E-state index contributed by atoms with van der Waals surface area (Å²) in [5.74, 6) is 0. The standard InChI is InChI=1S/C13H15BrN2O.C10H10N2O/c1-10(2)16-12-7-4-3-6-11(12)15(13(16)17)9-5-8-14;1-7(2)12-9-6-4-3-5-8(9)11-10(12)13/h3-4,6-7H,1,5,8-9H2,2H3;3-6H,1H2,2H3,(H,11,13). The van der Waals surface area contributed by atoms with Crippen LogP contribution in [0.5, 0.6) is 0 Å². The van der Waals surface area contributed by atoms with Gasteiger partial charge < -0.3 is 4.98 Å². The SMILES string of the molecule is C=C(C)n1c(=O)[nH]c2ccccc21.C=C(C)n1c(=O)n(CCCBr)c2ccccc21. The van der Waals surface area contributed by atoms with Crippen LogP contribution in [0.4, 0.5) is 0 Å². The number of hydrogen-bond donors (Lipinski definition) is 1. The number of H-pyrrole nitrogens is 1. The van der Waals surface area contributed by atoms with Crippen LogP contribution in [0.1, 0.15) is 20.3 Å². The molecule has 2 heterocycles. The minimum absolute atomic E-state index is 0.000324. The summed E-state index contributed by atoms with van der Waals surface area (Å²) in [4.78, 5) is 26.5. The molecule has 156 valence electrons. The molecule has 4 rings (SSSR count). The smallest absolute Gasteiger partial charge is 0.305 e. The molecule has 1 N–H and O–H groups in total. The number of rotatable bonds is 5. The van der Waals surface area contributed by atoms with Crippen molar-refractivity contribution in [1.29, 1.82) is 0 Å². The van der Waals surface area contributed by atoms with E-state index in [2.05, 4.69) is 34.1 Å². The quantitative estimate of drug-likeness (QED) is 0.423. The maximum atomic E-state index is 12.3. The van der Waals surface area contributed by atoms with Gasteiger partial charge in [0.1, 0.15) is 0 Å². The van der Waals surface area contributed by atoms with Gasteiger partial charge in [0.15, 0.2) is 0 Å². The van der Waals surface area contributed by atoms with Crippen LogP contribution >= 0.6 is 15.9 Å². The molecule has 0 spiro atoms. The number of halogens is 1. The Kier molecular flexibility index (Phi) is 6.62. The first-order chi connectivity index (χ1) is 14.4. The maximum absolute atomic E-state index is 12.3. The Morgan fingerprint density at radius 3 is 2.07 bits per heavy atom. The first-order valence-corrected chi connectivity index (χ1v) is 10.8. The highest BCUT2D eigenvalue weighted by Crippen LogP contribution is 2.16. The fourth-order valence-corrected chi connectivity index (χ4v) is 3.70. The summed E-state index contributed by atoms with van der Waals surface area (Å²) in [5, 5.41) is 0.895. The van der Waals surface area contributed by atoms with E-state index >= 15 is 0 Å². The molecular weight excluding hydrogens is 444 g/mol. The van der Waals surface area contributed by atoms with Crippen molar-refractivity contribution in [3.63, 3.8) is 0 Å². The van der Waals surface area contributed by atoms with Crippen molar-refractivity contribution >= 4 is 49.4 Å². The second kappa shape index (κ2) is 9.17. The van der Waals surface area contributed by atoms with E-state index in [4.69, 9.17) is 0 Å². The third kappa shape index (κ3) is 4.11. The molecule has 2 aromatic heterocycles. The normalized spacial score (nSPS) is 10.8. The van der Waals surface area contributed by atoms with Gasteiger partial charge >= 0.3 is 11.4 Å². The number of benzene rings is 2. The van der Waals surface area contributed by atoms with E-state index in [1.165, 1.54) is 0 Å². The number of fused-ring (bicyclic) bond motifs is 2. The summed E-state index contributed by atoms with van der Waals surface area (Å²) in [6.07, 6.45) is 0.935. The number of para-hydroxylation sites is 4. The summed E-state index contributed by atoms with van der Waals surface area (Å²) in [6.45, 7) is 12.0. The number of hydrogen-bond acceptors (Lipinski definition) is 2. The number of aromatic amines is 1. The van der Waals surface area contributed by atoms with Crippen molar-refractivity contribution in [3.8, 4) is 0 Å². The van der Waals surface area contributed by atoms with E-state index in [1.54, 1.807) is 9.13 Å². The minimum atomic E-state index is -0.131. The molecule has 0 bridgehead atoms. The molecule has 0 radical (unpaired) electrons. The monoisotopic (exact) mass is 468 g/mol. The number of nitrogens with one attached hydrogen (secondary N) is 1. The van der Waals surface area contributed by atoms with Crippen LogP contribution in [0.3, 0.4) is 0 Å². The van der Waals surface area contributed by atoms with E-state index in [0.717, 1.165) is 51.8 Å². The predicted octanol–water partition coefficient (Wildman–Crippen LogP) is 4.90. The largest absolute Gasteiger partial charge is 0.333 e. The Bertz CT molecular complexity index is 1340. The van der Waals surface area contributed by atoms with Gasteiger partial charge in [0.25, 0.3) is 0 Å². The molecule has 6 nitrogen and oxygen atoms in total. The predicted molar refractivity (Wildman–Crippen MR) is 129 cm³/mol. The van der Waals surface area contributed by atoms with Gasteiger partial charge in [-0.1, -0.05) is 53.4 Å². The average Bonchev–Trinajstić information content (AvgIpc) is 3.19. The first-order valence-electron chi connectivity index (χ1n) is 9.64. The lowest BCUT2D eigenvalue weighted by Gasteiger charge is -2.00. The molecule has 0 unspecified atom stereocenters. The number of nitrogens with zero attached hydrogens (tertiary/aromatic N) is 3. The molecule has 0 fully saturated rings. The third-order valence-corrected chi connectivity index (χ3v) is 5.26. The Morgan fingerprint density at radius 1 is 0.900 bits per heavy atom. The van der Waals surface area contributed by atoms with Crippen molar-refractivity contribution < 1.29 is 0 Å². The Balaban J connectivity index is 0.000000177. The maximum Gasteiger partial charge on any atom is 0.333 e. The van der Waals surface area contributed by atoms with Crippen LogP contribution < -0.4 is 11.4 Å². The zero-order chi connectivity index (χ0) is 21.8. The van der Waals surface area contributed by atoms with Crippen molar-refractivity contribution in [2.45, 2.75) is 26.8 Å². The van der Waals surface area contributed by atoms with Gasteiger partial charge in [-0.15, -0.1) is 0 Å². The van der Waals surface area contributed by atoms with E-state index < -0.39 is 0 Å². The van der Waals surface area contributed by atoms with Crippen LogP contribution in [0, 0.1) is 0 Å². The number of imidazole rings is 2. The van der Waals surface area contributed by atoms with Gasteiger partial charge in [-0.2, -0.15) is 0 Å². The Hall–Kier alpha value is -3.06. The average molecular weight is 469 g/mol. The lowest BCUT2D eigenvalue weighted by atomic mass is 10.3. The van der Waals surface area contributed by atoms with Crippen molar-refractivity contribution in [2.75, 3.05) is 5.33 Å². The molecule has 0 saturated carbocycles. The zero-order valence-electron chi connectivity index (χ0n) is 17.2. The van der Waals surface area contributed by atoms with Gasteiger partial charge in [0.05, 0.1) is 22.1 Å². The molecule has 7 heteroatoms. The van der Waals surface area contributed by atoms with Crippen LogP contribution in [-0.2, 0) is 6.54 Å². The Morgan fingerprint density at radius 2 is 1.47 bits per heavy atom. The number of aryl methyl sites for hydroxylation is 1. The van der Waals surface area contributed by atoms with Gasteiger partial charge in [0, 0.05) is 23.3 Å². The van der Waals surface area contributed by atoms with E-state index in [9.17, 15) is 9.59 Å². The molecule has 0 amide bonds.